The van der Waals surface area contributed by atoms with Crippen LogP contribution in [0.5, 0.6) is 11.5 Å². The molecule has 0 fully saturated rings. The Balaban J connectivity index is 1.73. The Morgan fingerprint density at radius 1 is 1.17 bits per heavy atom. The van der Waals surface area contributed by atoms with Crippen LogP contribution in [0.1, 0.15) is 30.5 Å². The third kappa shape index (κ3) is 4.92. The van der Waals surface area contributed by atoms with Crippen LogP contribution in [-0.4, -0.2) is 24.8 Å². The molecule has 0 bridgehead atoms. The predicted molar refractivity (Wildman–Crippen MR) is 122 cm³/mol. The lowest BCUT2D eigenvalue weighted by atomic mass is 10.0. The van der Waals surface area contributed by atoms with E-state index >= 15 is 0 Å². The van der Waals surface area contributed by atoms with E-state index in [1.54, 1.807) is 13.1 Å². The second-order valence-corrected chi connectivity index (χ2v) is 7.37. The van der Waals surface area contributed by atoms with E-state index in [4.69, 9.17) is 21.1 Å². The summed E-state index contributed by atoms with van der Waals surface area (Å²) in [7, 11) is 0. The van der Waals surface area contributed by atoms with Crippen molar-refractivity contribution in [3.05, 3.63) is 70.2 Å². The summed E-state index contributed by atoms with van der Waals surface area (Å²) in [6, 6.07) is 15.5. The number of carbonyl (C=O) groups is 1. The largest absolute Gasteiger partial charge is 0.493 e. The van der Waals surface area contributed by atoms with Gasteiger partial charge >= 0.3 is 0 Å². The number of halogens is 1. The summed E-state index contributed by atoms with van der Waals surface area (Å²) >= 11 is 6.19. The number of amides is 1. The van der Waals surface area contributed by atoms with Gasteiger partial charge in [0, 0.05) is 10.6 Å². The van der Waals surface area contributed by atoms with Crippen LogP contribution in [0.2, 0.25) is 5.02 Å². The second-order valence-electron chi connectivity index (χ2n) is 7.00. The molecule has 1 N–H and O–H groups in total. The van der Waals surface area contributed by atoms with E-state index < -0.39 is 6.10 Å². The van der Waals surface area contributed by atoms with Crippen molar-refractivity contribution in [3.63, 3.8) is 0 Å². The van der Waals surface area contributed by atoms with Gasteiger partial charge in [0.25, 0.3) is 5.91 Å². The highest BCUT2D eigenvalue weighted by Crippen LogP contribution is 2.27. The lowest BCUT2D eigenvalue weighted by Crippen LogP contribution is -2.33. The predicted octanol–water partition coefficient (Wildman–Crippen LogP) is 5.43. The van der Waals surface area contributed by atoms with Crippen molar-refractivity contribution in [1.82, 2.24) is 5.43 Å². The summed E-state index contributed by atoms with van der Waals surface area (Å²) < 4.78 is 11.5. The first kappa shape index (κ1) is 21.7. The van der Waals surface area contributed by atoms with E-state index in [0.29, 0.717) is 23.1 Å². The van der Waals surface area contributed by atoms with Crippen molar-refractivity contribution in [1.29, 1.82) is 0 Å². The third-order valence-corrected chi connectivity index (χ3v) is 5.29. The molecule has 0 aliphatic rings. The fourth-order valence-electron chi connectivity index (χ4n) is 3.17. The Bertz CT molecular complexity index is 1070. The zero-order valence-electron chi connectivity index (χ0n) is 17.5. The van der Waals surface area contributed by atoms with Crippen molar-refractivity contribution in [3.8, 4) is 11.5 Å². The molecule has 0 aliphatic heterocycles. The topological polar surface area (TPSA) is 59.9 Å². The minimum absolute atomic E-state index is 0.352. The van der Waals surface area contributed by atoms with E-state index in [1.807, 2.05) is 69.3 Å². The Hall–Kier alpha value is -3.05. The highest BCUT2D eigenvalue weighted by atomic mass is 35.5. The molecule has 0 saturated heterocycles. The summed E-state index contributed by atoms with van der Waals surface area (Å²) in [5.41, 5.74) is 5.16. The van der Waals surface area contributed by atoms with Gasteiger partial charge in [-0.15, -0.1) is 0 Å². The van der Waals surface area contributed by atoms with Gasteiger partial charge in [0.15, 0.2) is 6.10 Å². The highest BCUT2D eigenvalue weighted by molar-refractivity contribution is 6.32. The molecule has 3 aromatic carbocycles. The summed E-state index contributed by atoms with van der Waals surface area (Å²) in [4.78, 5) is 12.4. The van der Waals surface area contributed by atoms with Crippen LogP contribution >= 0.6 is 11.6 Å². The van der Waals surface area contributed by atoms with Gasteiger partial charge in [-0.25, -0.2) is 5.43 Å². The summed E-state index contributed by atoms with van der Waals surface area (Å²) in [6.45, 7) is 7.94. The molecule has 1 amide bonds. The number of nitrogens with zero attached hydrogens (tertiary/aromatic N) is 1. The molecule has 3 rings (SSSR count). The average molecular weight is 425 g/mol. The van der Waals surface area contributed by atoms with Crippen LogP contribution in [0, 0.1) is 13.8 Å². The molecule has 5 nitrogen and oxygen atoms in total. The molecule has 0 aromatic heterocycles. The van der Waals surface area contributed by atoms with E-state index in [-0.39, 0.29) is 5.91 Å². The number of aryl methyl sites for hydroxylation is 2. The molecule has 0 heterocycles. The first-order chi connectivity index (χ1) is 14.4. The first-order valence-corrected chi connectivity index (χ1v) is 10.2. The van der Waals surface area contributed by atoms with E-state index in [1.165, 1.54) is 0 Å². The normalized spacial score (nSPS) is 12.2. The number of benzene rings is 3. The molecule has 30 heavy (non-hydrogen) atoms. The molecule has 0 radical (unpaired) electrons. The van der Waals surface area contributed by atoms with Gasteiger partial charge in [0.05, 0.1) is 12.8 Å². The van der Waals surface area contributed by atoms with Gasteiger partial charge in [0.2, 0.25) is 0 Å². The van der Waals surface area contributed by atoms with E-state index in [9.17, 15) is 4.79 Å². The molecular formula is C24H25ClN2O3. The fraction of sp³-hybridized carbons (Fsp3) is 0.250. The number of hydrogen-bond acceptors (Lipinski definition) is 4. The SMILES string of the molecule is CCOc1ccc2ccccc2c1/C=N/NC(=O)C(C)Oc1cc(C)c(Cl)c(C)c1. The maximum absolute atomic E-state index is 12.4. The minimum Gasteiger partial charge on any atom is -0.493 e. The quantitative estimate of drug-likeness (QED) is 0.406. The molecule has 1 atom stereocenters. The van der Waals surface area contributed by atoms with Crippen LogP contribution in [0.3, 0.4) is 0 Å². The minimum atomic E-state index is -0.721. The molecular weight excluding hydrogens is 400 g/mol. The van der Waals surface area contributed by atoms with Crippen molar-refractivity contribution >= 4 is 34.5 Å². The summed E-state index contributed by atoms with van der Waals surface area (Å²) in [5.74, 6) is 0.953. The van der Waals surface area contributed by atoms with E-state index in [2.05, 4.69) is 10.5 Å². The van der Waals surface area contributed by atoms with Crippen molar-refractivity contribution < 1.29 is 14.3 Å². The number of rotatable bonds is 7. The zero-order valence-corrected chi connectivity index (χ0v) is 18.3. The number of fused-ring (bicyclic) bond motifs is 1. The van der Waals surface area contributed by atoms with Crippen LogP contribution < -0.4 is 14.9 Å². The molecule has 3 aromatic rings. The monoisotopic (exact) mass is 424 g/mol. The van der Waals surface area contributed by atoms with Crippen LogP contribution in [0.25, 0.3) is 10.8 Å². The summed E-state index contributed by atoms with van der Waals surface area (Å²) in [5, 5.41) is 6.91. The van der Waals surface area contributed by atoms with Gasteiger partial charge in [0.1, 0.15) is 11.5 Å². The lowest BCUT2D eigenvalue weighted by Gasteiger charge is -2.15. The van der Waals surface area contributed by atoms with Crippen molar-refractivity contribution in [2.24, 2.45) is 5.10 Å². The van der Waals surface area contributed by atoms with Crippen molar-refractivity contribution in [2.45, 2.75) is 33.8 Å². The highest BCUT2D eigenvalue weighted by Gasteiger charge is 2.15. The van der Waals surface area contributed by atoms with Gasteiger partial charge in [-0.1, -0.05) is 41.9 Å². The van der Waals surface area contributed by atoms with Gasteiger partial charge in [-0.3, -0.25) is 4.79 Å². The third-order valence-electron chi connectivity index (χ3n) is 4.69. The van der Waals surface area contributed by atoms with Gasteiger partial charge in [-0.05, 0) is 67.8 Å². The Kier molecular flexibility index (Phi) is 6.95. The Morgan fingerprint density at radius 2 is 1.87 bits per heavy atom. The van der Waals surface area contributed by atoms with Crippen LogP contribution in [-0.2, 0) is 4.79 Å². The zero-order chi connectivity index (χ0) is 21.7. The maximum atomic E-state index is 12.4. The molecule has 0 spiro atoms. The molecule has 0 saturated carbocycles. The van der Waals surface area contributed by atoms with Crippen LogP contribution in [0.4, 0.5) is 0 Å². The molecule has 1 unspecified atom stereocenters. The number of nitrogens with one attached hydrogen (secondary N) is 1. The van der Waals surface area contributed by atoms with Crippen LogP contribution in [0.15, 0.2) is 53.6 Å². The Labute approximate surface area is 181 Å². The standard InChI is InChI=1S/C24H25ClN2O3/c1-5-29-22-11-10-18-8-6-7-9-20(18)21(22)14-26-27-24(28)17(4)30-19-12-15(2)23(25)16(3)13-19/h6-14,17H,5H2,1-4H3,(H,27,28)/b26-14+. The number of hydrogen-bond donors (Lipinski definition) is 1. The van der Waals surface area contributed by atoms with Gasteiger partial charge < -0.3 is 9.47 Å². The first-order valence-electron chi connectivity index (χ1n) is 9.81. The molecule has 0 aliphatic carbocycles. The number of ether oxygens (including phenoxy) is 2. The molecule has 156 valence electrons. The second kappa shape index (κ2) is 9.63. The maximum Gasteiger partial charge on any atom is 0.280 e. The molecule has 6 heteroatoms. The summed E-state index contributed by atoms with van der Waals surface area (Å²) in [6.07, 6.45) is 0.884. The average Bonchev–Trinajstić information content (AvgIpc) is 2.73. The number of hydrazone groups is 1. The fourth-order valence-corrected chi connectivity index (χ4v) is 3.28. The van der Waals surface area contributed by atoms with Crippen molar-refractivity contribution in [2.75, 3.05) is 6.61 Å². The lowest BCUT2D eigenvalue weighted by molar-refractivity contribution is -0.127. The van der Waals surface area contributed by atoms with Gasteiger partial charge in [-0.2, -0.15) is 5.10 Å². The number of carbonyl (C=O) groups excluding carboxylic acids is 1. The van der Waals surface area contributed by atoms with E-state index in [0.717, 1.165) is 27.5 Å². The Morgan fingerprint density at radius 3 is 2.57 bits per heavy atom. The smallest absolute Gasteiger partial charge is 0.280 e.